The summed E-state index contributed by atoms with van der Waals surface area (Å²) in [5.74, 6) is 0.983. The number of hydrogen-bond donors (Lipinski definition) is 2. The van der Waals surface area contributed by atoms with Gasteiger partial charge in [0.25, 0.3) is 0 Å². The largest absolute Gasteiger partial charge is 0.351 e. The van der Waals surface area contributed by atoms with Gasteiger partial charge in [0, 0.05) is 17.7 Å². The van der Waals surface area contributed by atoms with Crippen LogP contribution in [0.4, 0.5) is 4.39 Å². The standard InChI is InChI=1S/C18H16FN9O/c19-5-12(6-20)9-28-18(29)27(11-25-28)16-8-21-15(7-22-16)13-1-3-14(4-2-13)17-23-10-24-26-17/h1-5,7-8,10-11H,6,9,20H2,(H,23,24,26)/b12-5+. The minimum Gasteiger partial charge on any atom is -0.327 e. The van der Waals surface area contributed by atoms with Crippen molar-refractivity contribution in [2.24, 2.45) is 5.73 Å². The van der Waals surface area contributed by atoms with Gasteiger partial charge < -0.3 is 5.73 Å². The summed E-state index contributed by atoms with van der Waals surface area (Å²) < 4.78 is 15.0. The molecule has 0 radical (unpaired) electrons. The Kier molecular flexibility index (Phi) is 5.03. The van der Waals surface area contributed by atoms with E-state index in [-0.39, 0.29) is 18.7 Å². The van der Waals surface area contributed by atoms with Gasteiger partial charge in [0.05, 0.1) is 31.0 Å². The van der Waals surface area contributed by atoms with Crippen molar-refractivity contribution < 1.29 is 4.39 Å². The van der Waals surface area contributed by atoms with Crippen molar-refractivity contribution in [1.82, 2.24) is 39.5 Å². The highest BCUT2D eigenvalue weighted by atomic mass is 19.1. The maximum absolute atomic E-state index is 12.7. The van der Waals surface area contributed by atoms with Gasteiger partial charge in [-0.2, -0.15) is 10.2 Å². The molecule has 3 aromatic heterocycles. The number of rotatable bonds is 6. The lowest BCUT2D eigenvalue weighted by molar-refractivity contribution is 0.612. The molecular weight excluding hydrogens is 377 g/mol. The van der Waals surface area contributed by atoms with Crippen LogP contribution in [0.1, 0.15) is 0 Å². The molecule has 0 spiro atoms. The fourth-order valence-electron chi connectivity index (χ4n) is 2.68. The lowest BCUT2D eigenvalue weighted by atomic mass is 10.1. The molecule has 0 amide bonds. The lowest BCUT2D eigenvalue weighted by Gasteiger charge is -2.04. The fraction of sp³-hybridized carbons (Fsp3) is 0.111. The number of nitrogens with one attached hydrogen (secondary N) is 1. The number of aromatic amines is 1. The molecule has 4 aromatic rings. The van der Waals surface area contributed by atoms with Gasteiger partial charge in [-0.3, -0.25) is 10.1 Å². The van der Waals surface area contributed by atoms with Crippen molar-refractivity contribution in [2.45, 2.75) is 6.54 Å². The average molecular weight is 393 g/mol. The van der Waals surface area contributed by atoms with Crippen LogP contribution < -0.4 is 11.4 Å². The van der Waals surface area contributed by atoms with E-state index in [0.29, 0.717) is 23.7 Å². The minimum absolute atomic E-state index is 0.000470. The van der Waals surface area contributed by atoms with Gasteiger partial charge in [-0.25, -0.2) is 28.4 Å². The van der Waals surface area contributed by atoms with Crippen molar-refractivity contribution in [1.29, 1.82) is 0 Å². The SMILES string of the molecule is NC/C(=C\F)Cn1ncn(-c2cnc(-c3ccc(-c4ncn[nH]4)cc3)cn2)c1=O. The quantitative estimate of drug-likeness (QED) is 0.501. The Bertz CT molecular complexity index is 1180. The second-order valence-corrected chi connectivity index (χ2v) is 6.08. The molecule has 3 N–H and O–H groups in total. The third kappa shape index (κ3) is 3.71. The molecule has 11 heteroatoms. The molecule has 0 unspecified atom stereocenters. The van der Waals surface area contributed by atoms with Crippen LogP contribution in [0, 0.1) is 0 Å². The van der Waals surface area contributed by atoms with E-state index in [2.05, 4.69) is 30.2 Å². The van der Waals surface area contributed by atoms with Crippen LogP contribution in [-0.4, -0.2) is 46.0 Å². The van der Waals surface area contributed by atoms with E-state index in [1.54, 1.807) is 6.20 Å². The Labute approximate surface area is 163 Å². The summed E-state index contributed by atoms with van der Waals surface area (Å²) in [5, 5.41) is 10.6. The van der Waals surface area contributed by atoms with Gasteiger partial charge in [-0.1, -0.05) is 24.3 Å². The molecule has 4 rings (SSSR count). The number of H-pyrrole nitrogens is 1. The van der Waals surface area contributed by atoms with Crippen LogP contribution in [0.2, 0.25) is 0 Å². The molecule has 3 heterocycles. The number of halogens is 1. The summed E-state index contributed by atoms with van der Waals surface area (Å²) in [4.78, 5) is 25.2. The van der Waals surface area contributed by atoms with E-state index < -0.39 is 5.69 Å². The van der Waals surface area contributed by atoms with Crippen molar-refractivity contribution in [3.63, 3.8) is 0 Å². The summed E-state index contributed by atoms with van der Waals surface area (Å²) in [6.45, 7) is -0.0264. The predicted molar refractivity (Wildman–Crippen MR) is 102 cm³/mol. The summed E-state index contributed by atoms with van der Waals surface area (Å²) in [6, 6.07) is 7.58. The van der Waals surface area contributed by atoms with E-state index in [0.717, 1.165) is 15.8 Å². The first kappa shape index (κ1) is 18.4. The summed E-state index contributed by atoms with van der Waals surface area (Å²) in [6.07, 6.45) is 6.18. The maximum atomic E-state index is 12.7. The van der Waals surface area contributed by atoms with Gasteiger partial charge >= 0.3 is 5.69 Å². The average Bonchev–Trinajstić information content (AvgIpc) is 3.43. The normalized spacial score (nSPS) is 11.7. The van der Waals surface area contributed by atoms with E-state index in [1.165, 1.54) is 23.4 Å². The van der Waals surface area contributed by atoms with Gasteiger partial charge in [-0.05, 0) is 5.57 Å². The van der Waals surface area contributed by atoms with Crippen LogP contribution >= 0.6 is 0 Å². The van der Waals surface area contributed by atoms with Crippen LogP contribution in [0.3, 0.4) is 0 Å². The van der Waals surface area contributed by atoms with Crippen molar-refractivity contribution >= 4 is 0 Å². The summed E-state index contributed by atoms with van der Waals surface area (Å²) in [5.41, 5.74) is 7.61. The molecule has 0 aliphatic carbocycles. The number of benzene rings is 1. The zero-order valence-corrected chi connectivity index (χ0v) is 15.1. The molecule has 0 saturated heterocycles. The second-order valence-electron chi connectivity index (χ2n) is 6.08. The van der Waals surface area contributed by atoms with Crippen molar-refractivity contribution in [2.75, 3.05) is 6.54 Å². The van der Waals surface area contributed by atoms with E-state index in [4.69, 9.17) is 5.73 Å². The Balaban J connectivity index is 1.56. The van der Waals surface area contributed by atoms with E-state index in [9.17, 15) is 9.18 Å². The Morgan fingerprint density at radius 1 is 1.14 bits per heavy atom. The predicted octanol–water partition coefficient (Wildman–Crippen LogP) is 1.09. The molecular formula is C18H16FN9O. The fourth-order valence-corrected chi connectivity index (χ4v) is 2.68. The highest BCUT2D eigenvalue weighted by Crippen LogP contribution is 2.21. The van der Waals surface area contributed by atoms with Crippen LogP contribution in [0.25, 0.3) is 28.5 Å². The molecule has 0 bridgehead atoms. The van der Waals surface area contributed by atoms with Crippen LogP contribution in [0.5, 0.6) is 0 Å². The number of nitrogens with zero attached hydrogens (tertiary/aromatic N) is 7. The highest BCUT2D eigenvalue weighted by Gasteiger charge is 2.11. The molecule has 1 aromatic carbocycles. The first-order chi connectivity index (χ1) is 14.2. The molecule has 0 atom stereocenters. The molecule has 29 heavy (non-hydrogen) atoms. The van der Waals surface area contributed by atoms with Crippen molar-refractivity contribution in [3.8, 4) is 28.5 Å². The molecule has 0 saturated carbocycles. The third-order valence-electron chi connectivity index (χ3n) is 4.26. The first-order valence-corrected chi connectivity index (χ1v) is 8.61. The smallest absolute Gasteiger partial charge is 0.327 e. The number of nitrogens with two attached hydrogens (primary N) is 1. The summed E-state index contributed by atoms with van der Waals surface area (Å²) >= 11 is 0. The van der Waals surface area contributed by atoms with E-state index in [1.807, 2.05) is 24.3 Å². The monoisotopic (exact) mass is 393 g/mol. The Morgan fingerprint density at radius 2 is 1.93 bits per heavy atom. The third-order valence-corrected chi connectivity index (χ3v) is 4.26. The molecule has 0 fully saturated rings. The van der Waals surface area contributed by atoms with Crippen LogP contribution in [0.15, 0.2) is 66.0 Å². The number of aromatic nitrogens is 8. The zero-order valence-electron chi connectivity index (χ0n) is 15.1. The minimum atomic E-state index is -0.462. The molecule has 0 aliphatic heterocycles. The Hall–Kier alpha value is -3.99. The number of hydrogen-bond acceptors (Lipinski definition) is 7. The topological polar surface area (TPSA) is 133 Å². The summed E-state index contributed by atoms with van der Waals surface area (Å²) in [7, 11) is 0. The molecule has 10 nitrogen and oxygen atoms in total. The van der Waals surface area contributed by atoms with Gasteiger partial charge in [0.2, 0.25) is 0 Å². The lowest BCUT2D eigenvalue weighted by Crippen LogP contribution is -2.26. The van der Waals surface area contributed by atoms with Gasteiger partial charge in [-0.15, -0.1) is 0 Å². The van der Waals surface area contributed by atoms with E-state index >= 15 is 0 Å². The van der Waals surface area contributed by atoms with Gasteiger partial charge in [0.15, 0.2) is 11.6 Å². The highest BCUT2D eigenvalue weighted by molar-refractivity contribution is 5.64. The molecule has 0 aliphatic rings. The van der Waals surface area contributed by atoms with Crippen molar-refractivity contribution in [3.05, 3.63) is 71.7 Å². The maximum Gasteiger partial charge on any atom is 0.351 e. The Morgan fingerprint density at radius 3 is 2.55 bits per heavy atom. The zero-order chi connectivity index (χ0) is 20.2. The van der Waals surface area contributed by atoms with Crippen LogP contribution in [-0.2, 0) is 6.54 Å². The molecule has 146 valence electrons. The first-order valence-electron chi connectivity index (χ1n) is 8.61. The second kappa shape index (κ2) is 7.94. The van der Waals surface area contributed by atoms with Gasteiger partial charge in [0.1, 0.15) is 12.7 Å².